The third-order valence-electron chi connectivity index (χ3n) is 4.40. The van der Waals surface area contributed by atoms with Crippen molar-refractivity contribution in [3.05, 3.63) is 30.1 Å². The van der Waals surface area contributed by atoms with Crippen LogP contribution in [0.15, 0.2) is 18.5 Å². The molecular formula is C15H14F2N4O2. The van der Waals surface area contributed by atoms with Gasteiger partial charge in [-0.15, -0.1) is 0 Å². The molecule has 2 atom stereocenters. The van der Waals surface area contributed by atoms with Gasteiger partial charge in [-0.05, 0) is 18.9 Å². The topological polar surface area (TPSA) is 67.3 Å². The van der Waals surface area contributed by atoms with E-state index in [0.29, 0.717) is 0 Å². The number of nitrogens with zero attached hydrogens (tertiary/aromatic N) is 3. The highest BCUT2D eigenvalue weighted by Gasteiger charge is 2.40. The van der Waals surface area contributed by atoms with E-state index in [2.05, 4.69) is 15.3 Å². The Morgan fingerprint density at radius 1 is 1.22 bits per heavy atom. The lowest BCUT2D eigenvalue weighted by Gasteiger charge is -2.34. The van der Waals surface area contributed by atoms with Crippen LogP contribution in [0.4, 0.5) is 13.6 Å². The van der Waals surface area contributed by atoms with Gasteiger partial charge in [0.1, 0.15) is 17.7 Å². The maximum Gasteiger partial charge on any atom is 0.417 e. The second-order valence-electron chi connectivity index (χ2n) is 5.78. The zero-order valence-electron chi connectivity index (χ0n) is 12.1. The predicted octanol–water partition coefficient (Wildman–Crippen LogP) is 1.84. The Morgan fingerprint density at radius 3 is 2.70 bits per heavy atom. The summed E-state index contributed by atoms with van der Waals surface area (Å²) < 4.78 is 32.5. The van der Waals surface area contributed by atoms with E-state index in [9.17, 15) is 13.6 Å². The van der Waals surface area contributed by atoms with Crippen molar-refractivity contribution in [3.63, 3.8) is 0 Å². The molecule has 120 valence electrons. The molecular weight excluding hydrogens is 306 g/mol. The molecule has 1 aromatic heterocycles. The smallest absolute Gasteiger partial charge is 0.390 e. The SMILES string of the molecule is O=C(Oc1ncnc2c(F)cc(F)cc12)N1C2CCC1CNC2. The summed E-state index contributed by atoms with van der Waals surface area (Å²) >= 11 is 0. The van der Waals surface area contributed by atoms with Crippen molar-refractivity contribution < 1.29 is 18.3 Å². The van der Waals surface area contributed by atoms with Crippen molar-refractivity contribution in [2.24, 2.45) is 0 Å². The van der Waals surface area contributed by atoms with Crippen molar-refractivity contribution >= 4 is 17.0 Å². The van der Waals surface area contributed by atoms with E-state index >= 15 is 0 Å². The van der Waals surface area contributed by atoms with Gasteiger partial charge in [-0.25, -0.2) is 23.5 Å². The summed E-state index contributed by atoms with van der Waals surface area (Å²) in [6.45, 7) is 1.44. The molecule has 8 heteroatoms. The lowest BCUT2D eigenvalue weighted by Crippen LogP contribution is -2.55. The first-order valence-corrected chi connectivity index (χ1v) is 7.44. The molecule has 2 aliphatic heterocycles. The van der Waals surface area contributed by atoms with Gasteiger partial charge in [0, 0.05) is 31.2 Å². The molecule has 4 rings (SSSR count). The minimum Gasteiger partial charge on any atom is -0.390 e. The van der Waals surface area contributed by atoms with Gasteiger partial charge in [0.2, 0.25) is 5.88 Å². The molecule has 1 aromatic carbocycles. The predicted molar refractivity (Wildman–Crippen MR) is 77.0 cm³/mol. The first-order chi connectivity index (χ1) is 11.1. The summed E-state index contributed by atoms with van der Waals surface area (Å²) in [6.07, 6.45) is 2.39. The largest absolute Gasteiger partial charge is 0.417 e. The maximum atomic E-state index is 13.8. The van der Waals surface area contributed by atoms with Crippen LogP contribution in [0.3, 0.4) is 0 Å². The van der Waals surface area contributed by atoms with Crippen LogP contribution in [0.25, 0.3) is 10.9 Å². The highest BCUT2D eigenvalue weighted by atomic mass is 19.1. The van der Waals surface area contributed by atoms with E-state index in [1.54, 1.807) is 4.90 Å². The fourth-order valence-corrected chi connectivity index (χ4v) is 3.36. The van der Waals surface area contributed by atoms with Crippen LogP contribution < -0.4 is 10.1 Å². The van der Waals surface area contributed by atoms with Gasteiger partial charge in [0.15, 0.2) is 5.82 Å². The number of nitrogens with one attached hydrogen (secondary N) is 1. The zero-order valence-corrected chi connectivity index (χ0v) is 12.1. The third kappa shape index (κ3) is 2.39. The number of fused-ring (bicyclic) bond motifs is 3. The van der Waals surface area contributed by atoms with Gasteiger partial charge in [-0.2, -0.15) is 0 Å². The second-order valence-corrected chi connectivity index (χ2v) is 5.78. The van der Waals surface area contributed by atoms with E-state index in [1.807, 2.05) is 0 Å². The van der Waals surface area contributed by atoms with Gasteiger partial charge >= 0.3 is 6.09 Å². The van der Waals surface area contributed by atoms with Gasteiger partial charge in [-0.3, -0.25) is 4.90 Å². The average molecular weight is 320 g/mol. The van der Waals surface area contributed by atoms with Gasteiger partial charge in [0.05, 0.1) is 5.39 Å². The summed E-state index contributed by atoms with van der Waals surface area (Å²) in [5.74, 6) is -1.72. The minimum absolute atomic E-state index is 0.0424. The number of hydrogen-bond donors (Lipinski definition) is 1. The summed E-state index contributed by atoms with van der Waals surface area (Å²) in [4.78, 5) is 21.8. The molecule has 6 nitrogen and oxygen atoms in total. The molecule has 1 N–H and O–H groups in total. The molecule has 2 aliphatic rings. The second kappa shape index (κ2) is 5.38. The quantitative estimate of drug-likeness (QED) is 0.868. The van der Waals surface area contributed by atoms with Crippen LogP contribution in [0.2, 0.25) is 0 Å². The first-order valence-electron chi connectivity index (χ1n) is 7.44. The van der Waals surface area contributed by atoms with Crippen LogP contribution >= 0.6 is 0 Å². The van der Waals surface area contributed by atoms with Crippen molar-refractivity contribution in [3.8, 4) is 5.88 Å². The highest BCUT2D eigenvalue weighted by Crippen LogP contribution is 2.29. The summed E-state index contributed by atoms with van der Waals surface area (Å²) in [5.41, 5.74) is -0.0764. The monoisotopic (exact) mass is 320 g/mol. The summed E-state index contributed by atoms with van der Waals surface area (Å²) in [6, 6.07) is 1.97. The standard InChI is InChI=1S/C15H14F2N4O2/c16-8-3-11-13(12(17)4-8)19-7-20-14(11)23-15(22)21-9-1-2-10(21)6-18-5-9/h3-4,7,9-10,18H,1-2,5-6H2. The van der Waals surface area contributed by atoms with E-state index in [-0.39, 0.29) is 28.9 Å². The lowest BCUT2D eigenvalue weighted by atomic mass is 10.2. The van der Waals surface area contributed by atoms with Gasteiger partial charge < -0.3 is 10.1 Å². The molecule has 0 aliphatic carbocycles. The van der Waals surface area contributed by atoms with E-state index in [1.165, 1.54) is 0 Å². The van der Waals surface area contributed by atoms with Crippen LogP contribution in [0, 0.1) is 11.6 Å². The molecule has 3 heterocycles. The Balaban J connectivity index is 1.66. The average Bonchev–Trinajstić information content (AvgIpc) is 2.77. The molecule has 23 heavy (non-hydrogen) atoms. The highest BCUT2D eigenvalue weighted by molar-refractivity contribution is 5.86. The number of benzene rings is 1. The van der Waals surface area contributed by atoms with E-state index in [4.69, 9.17) is 4.74 Å². The normalized spacial score (nSPS) is 23.3. The van der Waals surface area contributed by atoms with Crippen LogP contribution in [-0.2, 0) is 0 Å². The summed E-state index contributed by atoms with van der Waals surface area (Å²) in [7, 11) is 0. The molecule has 1 amide bonds. The number of amides is 1. The Kier molecular flexibility index (Phi) is 3.33. The Hall–Kier alpha value is -2.35. The van der Waals surface area contributed by atoms with Crippen molar-refractivity contribution in [1.82, 2.24) is 20.2 Å². The van der Waals surface area contributed by atoms with Gasteiger partial charge in [-0.1, -0.05) is 0 Å². The van der Waals surface area contributed by atoms with Crippen molar-refractivity contribution in [2.45, 2.75) is 24.9 Å². The van der Waals surface area contributed by atoms with Crippen molar-refractivity contribution in [2.75, 3.05) is 13.1 Å². The minimum atomic E-state index is -0.818. The molecule has 2 fully saturated rings. The zero-order chi connectivity index (χ0) is 16.0. The molecule has 2 saturated heterocycles. The summed E-state index contributed by atoms with van der Waals surface area (Å²) in [5, 5.41) is 3.31. The van der Waals surface area contributed by atoms with Crippen LogP contribution in [0.5, 0.6) is 5.88 Å². The number of piperazine rings is 1. The lowest BCUT2D eigenvalue weighted by molar-refractivity contribution is 0.114. The van der Waals surface area contributed by atoms with E-state index < -0.39 is 17.7 Å². The first kappa shape index (κ1) is 14.3. The van der Waals surface area contributed by atoms with Crippen molar-refractivity contribution in [1.29, 1.82) is 0 Å². The molecule has 2 unspecified atom stereocenters. The number of halogens is 2. The third-order valence-corrected chi connectivity index (χ3v) is 4.40. The Morgan fingerprint density at radius 2 is 1.96 bits per heavy atom. The van der Waals surface area contributed by atoms with Crippen LogP contribution in [-0.4, -0.2) is 46.1 Å². The molecule has 0 radical (unpaired) electrons. The maximum absolute atomic E-state index is 13.8. The number of carbonyl (C=O) groups excluding carboxylic acids is 1. The number of hydrogen-bond acceptors (Lipinski definition) is 5. The fraction of sp³-hybridized carbons (Fsp3) is 0.400. The Labute approximate surface area is 130 Å². The van der Waals surface area contributed by atoms with Crippen LogP contribution in [0.1, 0.15) is 12.8 Å². The van der Waals surface area contributed by atoms with E-state index in [0.717, 1.165) is 44.4 Å². The van der Waals surface area contributed by atoms with Gasteiger partial charge in [0.25, 0.3) is 0 Å². The molecule has 0 spiro atoms. The number of rotatable bonds is 1. The molecule has 0 saturated carbocycles. The fourth-order valence-electron chi connectivity index (χ4n) is 3.36. The molecule has 2 aromatic rings. The number of carbonyl (C=O) groups is 1. The Bertz CT molecular complexity index is 769. The molecule has 2 bridgehead atoms. The number of ether oxygens (including phenoxy) is 1. The number of aromatic nitrogens is 2.